The van der Waals surface area contributed by atoms with Gasteiger partial charge in [0.15, 0.2) is 6.10 Å². The van der Waals surface area contributed by atoms with Crippen molar-refractivity contribution in [1.29, 1.82) is 0 Å². The van der Waals surface area contributed by atoms with Crippen molar-refractivity contribution < 1.29 is 14.3 Å². The Labute approximate surface area is 161 Å². The van der Waals surface area contributed by atoms with Crippen molar-refractivity contribution in [2.75, 3.05) is 0 Å². The summed E-state index contributed by atoms with van der Waals surface area (Å²) < 4.78 is 12.2. The molecule has 0 radical (unpaired) electrons. The van der Waals surface area contributed by atoms with E-state index in [2.05, 4.69) is 19.2 Å². The number of nitrogens with one attached hydrogen (secondary N) is 1. The second-order valence-electron chi connectivity index (χ2n) is 7.12. The standard InChI is InChI=1S/C23H29NO3/c1-4-20(26-17-12-8-7-9-13-17)22(25)24-19-16-23(5-2,6-3)27-21-15-11-10-14-18(19)21/h7-15,19-20H,4-6,16H2,1-3H3,(H,24,25). The molecule has 0 fully saturated rings. The Hall–Kier alpha value is -2.49. The summed E-state index contributed by atoms with van der Waals surface area (Å²) >= 11 is 0. The van der Waals surface area contributed by atoms with Crippen LogP contribution >= 0.6 is 0 Å². The first kappa shape index (κ1) is 19.3. The van der Waals surface area contributed by atoms with Gasteiger partial charge >= 0.3 is 0 Å². The van der Waals surface area contributed by atoms with Crippen LogP contribution in [0.1, 0.15) is 58.1 Å². The summed E-state index contributed by atoms with van der Waals surface area (Å²) in [5, 5.41) is 3.23. The van der Waals surface area contributed by atoms with E-state index in [4.69, 9.17) is 9.47 Å². The molecule has 4 heteroatoms. The smallest absolute Gasteiger partial charge is 0.261 e. The molecule has 1 aliphatic rings. The molecular weight excluding hydrogens is 338 g/mol. The third-order valence-corrected chi connectivity index (χ3v) is 5.49. The SMILES string of the molecule is CCC(Oc1ccccc1)C(=O)NC1CC(CC)(CC)Oc2ccccc21. The summed E-state index contributed by atoms with van der Waals surface area (Å²) in [6, 6.07) is 17.4. The minimum Gasteiger partial charge on any atom is -0.487 e. The number of benzene rings is 2. The van der Waals surface area contributed by atoms with Crippen LogP contribution < -0.4 is 14.8 Å². The second-order valence-corrected chi connectivity index (χ2v) is 7.12. The molecule has 1 heterocycles. The van der Waals surface area contributed by atoms with Crippen molar-refractivity contribution in [3.8, 4) is 11.5 Å². The molecule has 3 rings (SSSR count). The lowest BCUT2D eigenvalue weighted by Crippen LogP contribution is -2.47. The van der Waals surface area contributed by atoms with Gasteiger partial charge in [0, 0.05) is 12.0 Å². The van der Waals surface area contributed by atoms with Gasteiger partial charge in [-0.1, -0.05) is 57.2 Å². The van der Waals surface area contributed by atoms with Gasteiger partial charge in [-0.15, -0.1) is 0 Å². The Kier molecular flexibility index (Phi) is 6.04. The molecule has 0 spiro atoms. The van der Waals surface area contributed by atoms with Gasteiger partial charge in [-0.2, -0.15) is 0 Å². The van der Waals surface area contributed by atoms with Crippen molar-refractivity contribution in [2.24, 2.45) is 0 Å². The number of carbonyl (C=O) groups is 1. The fourth-order valence-corrected chi connectivity index (χ4v) is 3.68. The van der Waals surface area contributed by atoms with Crippen LogP contribution in [0.15, 0.2) is 54.6 Å². The minimum atomic E-state index is -0.514. The van der Waals surface area contributed by atoms with E-state index in [0.717, 1.165) is 30.6 Å². The maximum atomic E-state index is 13.0. The summed E-state index contributed by atoms with van der Waals surface area (Å²) in [7, 11) is 0. The largest absolute Gasteiger partial charge is 0.487 e. The van der Waals surface area contributed by atoms with E-state index in [-0.39, 0.29) is 17.6 Å². The van der Waals surface area contributed by atoms with Crippen LogP contribution in [0.3, 0.4) is 0 Å². The molecule has 0 aliphatic carbocycles. The van der Waals surface area contributed by atoms with Crippen LogP contribution in [0.5, 0.6) is 11.5 Å². The highest BCUT2D eigenvalue weighted by molar-refractivity contribution is 5.81. The van der Waals surface area contributed by atoms with Gasteiger partial charge in [-0.25, -0.2) is 0 Å². The number of carbonyl (C=O) groups excluding carboxylic acids is 1. The predicted octanol–water partition coefficient (Wildman–Crippen LogP) is 5.04. The molecular formula is C23H29NO3. The lowest BCUT2D eigenvalue weighted by Gasteiger charge is -2.42. The van der Waals surface area contributed by atoms with Gasteiger partial charge in [-0.3, -0.25) is 4.79 Å². The summed E-state index contributed by atoms with van der Waals surface area (Å²) in [5.41, 5.74) is 0.798. The van der Waals surface area contributed by atoms with Gasteiger partial charge in [-0.05, 0) is 37.5 Å². The first-order valence-electron chi connectivity index (χ1n) is 9.90. The van der Waals surface area contributed by atoms with Crippen molar-refractivity contribution in [1.82, 2.24) is 5.32 Å². The Morgan fingerprint density at radius 3 is 2.44 bits per heavy atom. The van der Waals surface area contributed by atoms with E-state index < -0.39 is 6.10 Å². The zero-order valence-corrected chi connectivity index (χ0v) is 16.4. The third kappa shape index (κ3) is 4.26. The molecule has 4 nitrogen and oxygen atoms in total. The number of ether oxygens (including phenoxy) is 2. The lowest BCUT2D eigenvalue weighted by molar-refractivity contribution is -0.129. The Balaban J connectivity index is 1.79. The van der Waals surface area contributed by atoms with Gasteiger partial charge in [0.25, 0.3) is 5.91 Å². The van der Waals surface area contributed by atoms with Crippen LogP contribution in [-0.4, -0.2) is 17.6 Å². The molecule has 27 heavy (non-hydrogen) atoms. The molecule has 1 amide bonds. The summed E-state index contributed by atoms with van der Waals surface area (Å²) in [5.74, 6) is 1.50. The van der Waals surface area contributed by atoms with E-state index in [1.807, 2.05) is 61.5 Å². The molecule has 0 saturated carbocycles. The number of amides is 1. The molecule has 2 aromatic carbocycles. The van der Waals surface area contributed by atoms with Gasteiger partial charge < -0.3 is 14.8 Å². The number of para-hydroxylation sites is 2. The fraction of sp³-hybridized carbons (Fsp3) is 0.435. The molecule has 2 unspecified atom stereocenters. The fourth-order valence-electron chi connectivity index (χ4n) is 3.68. The van der Waals surface area contributed by atoms with Crippen molar-refractivity contribution in [2.45, 2.75) is 64.2 Å². The van der Waals surface area contributed by atoms with Crippen LogP contribution in [0.2, 0.25) is 0 Å². The first-order valence-corrected chi connectivity index (χ1v) is 9.90. The van der Waals surface area contributed by atoms with E-state index in [1.54, 1.807) is 0 Å². The first-order chi connectivity index (χ1) is 13.1. The van der Waals surface area contributed by atoms with Crippen LogP contribution in [0.25, 0.3) is 0 Å². The van der Waals surface area contributed by atoms with E-state index in [9.17, 15) is 4.79 Å². The molecule has 2 aromatic rings. The Bertz CT molecular complexity index is 755. The topological polar surface area (TPSA) is 47.6 Å². The maximum Gasteiger partial charge on any atom is 0.261 e. The number of rotatable bonds is 7. The highest BCUT2D eigenvalue weighted by atomic mass is 16.5. The van der Waals surface area contributed by atoms with Crippen LogP contribution in [-0.2, 0) is 4.79 Å². The highest BCUT2D eigenvalue weighted by Crippen LogP contribution is 2.42. The zero-order valence-electron chi connectivity index (χ0n) is 16.4. The predicted molar refractivity (Wildman–Crippen MR) is 107 cm³/mol. The van der Waals surface area contributed by atoms with E-state index >= 15 is 0 Å². The highest BCUT2D eigenvalue weighted by Gasteiger charge is 2.39. The van der Waals surface area contributed by atoms with Crippen LogP contribution in [0.4, 0.5) is 0 Å². The molecule has 0 bridgehead atoms. The van der Waals surface area contributed by atoms with Crippen molar-refractivity contribution >= 4 is 5.91 Å². The van der Waals surface area contributed by atoms with Crippen LogP contribution in [0, 0.1) is 0 Å². The quantitative estimate of drug-likeness (QED) is 0.745. The number of hydrogen-bond acceptors (Lipinski definition) is 3. The number of hydrogen-bond donors (Lipinski definition) is 1. The van der Waals surface area contributed by atoms with Crippen molar-refractivity contribution in [3.05, 3.63) is 60.2 Å². The maximum absolute atomic E-state index is 13.0. The monoisotopic (exact) mass is 367 g/mol. The van der Waals surface area contributed by atoms with E-state index in [1.165, 1.54) is 0 Å². The zero-order chi connectivity index (χ0) is 19.3. The summed E-state index contributed by atoms with van der Waals surface area (Å²) in [6.07, 6.45) is 2.67. The molecule has 0 saturated heterocycles. The number of fused-ring (bicyclic) bond motifs is 1. The van der Waals surface area contributed by atoms with Gasteiger partial charge in [0.1, 0.15) is 17.1 Å². The molecule has 1 N–H and O–H groups in total. The molecule has 0 aromatic heterocycles. The Morgan fingerprint density at radius 2 is 1.78 bits per heavy atom. The Morgan fingerprint density at radius 1 is 1.11 bits per heavy atom. The van der Waals surface area contributed by atoms with Gasteiger partial charge in [0.2, 0.25) is 0 Å². The lowest BCUT2D eigenvalue weighted by atomic mass is 9.83. The average Bonchev–Trinajstić information content (AvgIpc) is 2.72. The third-order valence-electron chi connectivity index (χ3n) is 5.49. The summed E-state index contributed by atoms with van der Waals surface area (Å²) in [4.78, 5) is 13.0. The summed E-state index contributed by atoms with van der Waals surface area (Å²) in [6.45, 7) is 6.25. The van der Waals surface area contributed by atoms with Gasteiger partial charge in [0.05, 0.1) is 6.04 Å². The molecule has 144 valence electrons. The van der Waals surface area contributed by atoms with E-state index in [0.29, 0.717) is 12.2 Å². The second kappa shape index (κ2) is 8.47. The normalized spacial score (nSPS) is 18.7. The molecule has 1 aliphatic heterocycles. The average molecular weight is 367 g/mol. The van der Waals surface area contributed by atoms with Crippen molar-refractivity contribution in [3.63, 3.8) is 0 Å². The molecule has 2 atom stereocenters. The minimum absolute atomic E-state index is 0.0734.